The Bertz CT molecular complexity index is 994. The van der Waals surface area contributed by atoms with Crippen LogP contribution in [-0.2, 0) is 11.2 Å². The highest BCUT2D eigenvalue weighted by Gasteiger charge is 2.26. The Morgan fingerprint density at radius 2 is 1.84 bits per heavy atom. The zero-order valence-electron chi connectivity index (χ0n) is 18.3. The molecule has 1 amide bonds. The van der Waals surface area contributed by atoms with Crippen molar-refractivity contribution in [1.29, 1.82) is 0 Å². The number of piperidine rings is 1. The van der Waals surface area contributed by atoms with E-state index in [9.17, 15) is 4.79 Å². The third-order valence-corrected chi connectivity index (χ3v) is 5.97. The minimum atomic E-state index is 0.0867. The fourth-order valence-corrected chi connectivity index (χ4v) is 4.19. The molecule has 0 radical (unpaired) electrons. The van der Waals surface area contributed by atoms with Crippen LogP contribution in [0.3, 0.4) is 0 Å². The van der Waals surface area contributed by atoms with Gasteiger partial charge in [0, 0.05) is 17.5 Å². The van der Waals surface area contributed by atoms with E-state index in [0.29, 0.717) is 18.3 Å². The third kappa shape index (κ3) is 5.58. The molecule has 0 aliphatic carbocycles. The van der Waals surface area contributed by atoms with Crippen molar-refractivity contribution in [3.8, 4) is 11.4 Å². The average molecular weight is 419 g/mol. The molecule has 162 valence electrons. The van der Waals surface area contributed by atoms with Gasteiger partial charge < -0.3 is 9.84 Å². The monoisotopic (exact) mass is 418 g/mol. The van der Waals surface area contributed by atoms with Gasteiger partial charge in [0.1, 0.15) is 0 Å². The Labute approximate surface area is 183 Å². The highest BCUT2D eigenvalue weighted by Crippen LogP contribution is 2.28. The minimum Gasteiger partial charge on any atom is -0.352 e. The van der Waals surface area contributed by atoms with Gasteiger partial charge in [-0.05, 0) is 57.3 Å². The molecule has 2 aromatic carbocycles. The molecule has 4 rings (SSSR count). The largest absolute Gasteiger partial charge is 0.352 e. The van der Waals surface area contributed by atoms with Gasteiger partial charge >= 0.3 is 0 Å². The van der Waals surface area contributed by atoms with Crippen LogP contribution in [0.5, 0.6) is 0 Å². The number of benzene rings is 2. The Morgan fingerprint density at radius 3 is 2.58 bits per heavy atom. The highest BCUT2D eigenvalue weighted by molar-refractivity contribution is 5.78. The van der Waals surface area contributed by atoms with Gasteiger partial charge in [-0.15, -0.1) is 0 Å². The van der Waals surface area contributed by atoms with Crippen molar-refractivity contribution < 1.29 is 9.32 Å². The van der Waals surface area contributed by atoms with E-state index in [2.05, 4.69) is 46.3 Å². The number of rotatable bonds is 7. The molecule has 1 unspecified atom stereocenters. The lowest BCUT2D eigenvalue weighted by atomic mass is 9.96. The molecule has 1 aliphatic rings. The van der Waals surface area contributed by atoms with Crippen LogP contribution in [0, 0.1) is 6.92 Å². The van der Waals surface area contributed by atoms with Crippen molar-refractivity contribution in [3.05, 3.63) is 71.6 Å². The first-order valence-corrected chi connectivity index (χ1v) is 11.0. The van der Waals surface area contributed by atoms with Crippen molar-refractivity contribution in [2.24, 2.45) is 0 Å². The minimum absolute atomic E-state index is 0.0867. The fraction of sp³-hybridized carbons (Fsp3) is 0.400. The van der Waals surface area contributed by atoms with Gasteiger partial charge in [-0.2, -0.15) is 4.98 Å². The number of hydrogen-bond donors (Lipinski definition) is 1. The first-order valence-electron chi connectivity index (χ1n) is 11.0. The summed E-state index contributed by atoms with van der Waals surface area (Å²) in [4.78, 5) is 19.3. The zero-order chi connectivity index (χ0) is 21.6. The number of carbonyl (C=O) groups is 1. The van der Waals surface area contributed by atoms with E-state index in [4.69, 9.17) is 4.52 Å². The van der Waals surface area contributed by atoms with Crippen LogP contribution in [0.25, 0.3) is 11.4 Å². The molecule has 2 heterocycles. The fourth-order valence-electron chi connectivity index (χ4n) is 4.19. The molecule has 0 saturated carbocycles. The summed E-state index contributed by atoms with van der Waals surface area (Å²) >= 11 is 0. The summed E-state index contributed by atoms with van der Waals surface area (Å²) in [5.74, 6) is 1.68. The van der Waals surface area contributed by atoms with E-state index >= 15 is 0 Å². The van der Waals surface area contributed by atoms with Gasteiger partial charge in [-0.1, -0.05) is 59.8 Å². The van der Waals surface area contributed by atoms with Crippen LogP contribution in [0.1, 0.15) is 42.7 Å². The maximum absolute atomic E-state index is 12.5. The number of amides is 1. The van der Waals surface area contributed by atoms with Crippen molar-refractivity contribution >= 4 is 5.91 Å². The van der Waals surface area contributed by atoms with E-state index in [0.717, 1.165) is 37.9 Å². The summed E-state index contributed by atoms with van der Waals surface area (Å²) in [5, 5.41) is 7.28. The number of nitrogens with zero attached hydrogens (tertiary/aromatic N) is 3. The number of aryl methyl sites for hydroxylation is 1. The van der Waals surface area contributed by atoms with E-state index in [1.807, 2.05) is 42.5 Å². The quantitative estimate of drug-likeness (QED) is 0.629. The van der Waals surface area contributed by atoms with Gasteiger partial charge in [-0.25, -0.2) is 0 Å². The van der Waals surface area contributed by atoms with Crippen LogP contribution < -0.4 is 5.32 Å². The van der Waals surface area contributed by atoms with Crippen LogP contribution in [0.4, 0.5) is 0 Å². The van der Waals surface area contributed by atoms with E-state index in [-0.39, 0.29) is 17.9 Å². The third-order valence-electron chi connectivity index (χ3n) is 5.97. The Hall–Kier alpha value is -2.99. The molecule has 6 nitrogen and oxygen atoms in total. The summed E-state index contributed by atoms with van der Waals surface area (Å²) in [6, 6.07) is 18.3. The molecule has 31 heavy (non-hydrogen) atoms. The first-order chi connectivity index (χ1) is 15.1. The lowest BCUT2D eigenvalue weighted by Crippen LogP contribution is -2.44. The van der Waals surface area contributed by atoms with Crippen molar-refractivity contribution in [3.63, 3.8) is 0 Å². The van der Waals surface area contributed by atoms with Crippen molar-refractivity contribution in [1.82, 2.24) is 20.4 Å². The summed E-state index contributed by atoms with van der Waals surface area (Å²) in [7, 11) is 0. The van der Waals surface area contributed by atoms with Gasteiger partial charge in [-0.3, -0.25) is 9.69 Å². The molecule has 1 aromatic heterocycles. The summed E-state index contributed by atoms with van der Waals surface area (Å²) in [6.45, 7) is 6.32. The average Bonchev–Trinajstić information content (AvgIpc) is 3.27. The lowest BCUT2D eigenvalue weighted by Gasteiger charge is -2.30. The van der Waals surface area contributed by atoms with Crippen LogP contribution in [-0.4, -0.2) is 46.6 Å². The van der Waals surface area contributed by atoms with E-state index in [1.165, 1.54) is 11.1 Å². The molecule has 0 bridgehead atoms. The van der Waals surface area contributed by atoms with Crippen LogP contribution in [0.15, 0.2) is 59.1 Å². The zero-order valence-corrected chi connectivity index (χ0v) is 18.3. The molecule has 1 fully saturated rings. The lowest BCUT2D eigenvalue weighted by molar-refractivity contribution is -0.123. The predicted octanol–water partition coefficient (Wildman–Crippen LogP) is 3.97. The first kappa shape index (κ1) is 21.2. The SMILES string of the molecule is Cc1ccccc1CC(C)NC(=O)CN1CCC(c2nc(-c3ccccc3)no2)CC1. The maximum Gasteiger partial charge on any atom is 0.234 e. The van der Waals surface area contributed by atoms with Gasteiger partial charge in [0.2, 0.25) is 17.6 Å². The standard InChI is InChI=1S/C25H30N4O2/c1-18-8-6-7-11-22(18)16-19(2)26-23(30)17-29-14-12-21(13-15-29)25-27-24(28-31-25)20-9-4-3-5-10-20/h3-11,19,21H,12-17H2,1-2H3,(H,26,30). The molecule has 1 aliphatic heterocycles. The molecule has 3 aromatic rings. The summed E-state index contributed by atoms with van der Waals surface area (Å²) in [5.41, 5.74) is 3.51. The molecule has 1 N–H and O–H groups in total. The second kappa shape index (κ2) is 9.88. The van der Waals surface area contributed by atoms with Crippen molar-refractivity contribution in [2.45, 2.75) is 45.1 Å². The van der Waals surface area contributed by atoms with Crippen LogP contribution >= 0.6 is 0 Å². The molecule has 1 saturated heterocycles. The number of likely N-dealkylation sites (tertiary alicyclic amines) is 1. The number of carbonyl (C=O) groups excluding carboxylic acids is 1. The molecular formula is C25H30N4O2. The van der Waals surface area contributed by atoms with Gasteiger partial charge in [0.25, 0.3) is 0 Å². The Kier molecular flexibility index (Phi) is 6.77. The summed E-state index contributed by atoms with van der Waals surface area (Å²) in [6.07, 6.45) is 2.69. The smallest absolute Gasteiger partial charge is 0.234 e. The molecule has 0 spiro atoms. The molecule has 6 heteroatoms. The van der Waals surface area contributed by atoms with E-state index < -0.39 is 0 Å². The topological polar surface area (TPSA) is 71.3 Å². The normalized spacial score (nSPS) is 16.2. The second-order valence-corrected chi connectivity index (χ2v) is 8.47. The van der Waals surface area contributed by atoms with Crippen molar-refractivity contribution in [2.75, 3.05) is 19.6 Å². The van der Waals surface area contributed by atoms with Crippen LogP contribution in [0.2, 0.25) is 0 Å². The summed E-state index contributed by atoms with van der Waals surface area (Å²) < 4.78 is 5.53. The predicted molar refractivity (Wildman–Crippen MR) is 121 cm³/mol. The Morgan fingerprint density at radius 1 is 1.13 bits per heavy atom. The van der Waals surface area contributed by atoms with Gasteiger partial charge in [0.05, 0.1) is 6.54 Å². The number of nitrogens with one attached hydrogen (secondary N) is 1. The number of aromatic nitrogens is 2. The number of hydrogen-bond acceptors (Lipinski definition) is 5. The Balaban J connectivity index is 1.23. The molecule has 1 atom stereocenters. The van der Waals surface area contributed by atoms with E-state index in [1.54, 1.807) is 0 Å². The second-order valence-electron chi connectivity index (χ2n) is 8.47. The van der Waals surface area contributed by atoms with Gasteiger partial charge in [0.15, 0.2) is 0 Å². The highest BCUT2D eigenvalue weighted by atomic mass is 16.5. The maximum atomic E-state index is 12.5. The molecular weight excluding hydrogens is 388 g/mol.